The minimum atomic E-state index is -0.669. The Morgan fingerprint density at radius 1 is 1.00 bits per heavy atom. The van der Waals surface area contributed by atoms with Crippen LogP contribution in [0.3, 0.4) is 0 Å². The van der Waals surface area contributed by atoms with E-state index in [1.165, 1.54) is 11.9 Å². The topological polar surface area (TPSA) is 91.8 Å². The third-order valence-electron chi connectivity index (χ3n) is 5.17. The second kappa shape index (κ2) is 8.59. The number of carbonyl (C=O) groups is 1. The van der Waals surface area contributed by atoms with E-state index in [0.29, 0.717) is 24.9 Å². The van der Waals surface area contributed by atoms with Gasteiger partial charge in [0.15, 0.2) is 5.82 Å². The number of hydrogen-bond donors (Lipinski definition) is 3. The van der Waals surface area contributed by atoms with Crippen molar-refractivity contribution < 1.29 is 4.79 Å². The van der Waals surface area contributed by atoms with Gasteiger partial charge in [-0.15, -0.1) is 0 Å². The van der Waals surface area contributed by atoms with Gasteiger partial charge >= 0.3 is 0 Å². The van der Waals surface area contributed by atoms with Crippen molar-refractivity contribution in [3.05, 3.63) is 66.0 Å². The number of nitrogens with zero attached hydrogens (tertiary/aromatic N) is 3. The first kappa shape index (κ1) is 20.0. The van der Waals surface area contributed by atoms with E-state index in [1.807, 2.05) is 50.2 Å². The first-order valence-corrected chi connectivity index (χ1v) is 10.2. The number of amides is 1. The summed E-state index contributed by atoms with van der Waals surface area (Å²) < 4.78 is 0. The highest BCUT2D eigenvalue weighted by Gasteiger charge is 2.26. The van der Waals surface area contributed by atoms with Gasteiger partial charge in [-0.1, -0.05) is 30.3 Å². The lowest BCUT2D eigenvalue weighted by Crippen LogP contribution is -2.52. The van der Waals surface area contributed by atoms with Crippen LogP contribution in [-0.2, 0) is 17.8 Å². The highest BCUT2D eigenvalue weighted by Crippen LogP contribution is 2.20. The van der Waals surface area contributed by atoms with Crippen molar-refractivity contribution in [3.63, 3.8) is 0 Å². The predicted molar refractivity (Wildman–Crippen MR) is 117 cm³/mol. The molecular formula is C23H26N6O. The van der Waals surface area contributed by atoms with Crippen molar-refractivity contribution in [1.29, 1.82) is 0 Å². The van der Waals surface area contributed by atoms with Gasteiger partial charge in [0.2, 0.25) is 11.9 Å². The molecule has 1 amide bonds. The summed E-state index contributed by atoms with van der Waals surface area (Å²) in [5.74, 6) is 1.12. The van der Waals surface area contributed by atoms with Crippen LogP contribution in [0.1, 0.15) is 31.4 Å². The SMILES string of the molecule is CC1(C)NCc2cccc(c2)Nc2ncnc(n2)-c2cccc(c2)CCCNC1=O. The Bertz CT molecular complexity index is 1050. The van der Waals surface area contributed by atoms with Crippen LogP contribution in [0.2, 0.25) is 0 Å². The van der Waals surface area contributed by atoms with Gasteiger partial charge in [-0.25, -0.2) is 9.97 Å². The van der Waals surface area contributed by atoms with Crippen LogP contribution in [0.15, 0.2) is 54.9 Å². The second-order valence-corrected chi connectivity index (χ2v) is 8.00. The molecule has 4 rings (SSSR count). The number of aryl methyl sites for hydroxylation is 1. The van der Waals surface area contributed by atoms with Crippen LogP contribution in [0.25, 0.3) is 11.4 Å². The van der Waals surface area contributed by atoms with Gasteiger partial charge in [-0.3, -0.25) is 10.1 Å². The summed E-state index contributed by atoms with van der Waals surface area (Å²) in [6.07, 6.45) is 3.25. The largest absolute Gasteiger partial charge is 0.355 e. The van der Waals surface area contributed by atoms with Crippen LogP contribution >= 0.6 is 0 Å². The summed E-state index contributed by atoms with van der Waals surface area (Å²) in [6.45, 7) is 5.00. The molecule has 2 aromatic carbocycles. The Hall–Kier alpha value is -3.32. The first-order valence-electron chi connectivity index (χ1n) is 10.2. The Morgan fingerprint density at radius 3 is 2.73 bits per heavy atom. The highest BCUT2D eigenvalue weighted by atomic mass is 16.2. The van der Waals surface area contributed by atoms with Crippen LogP contribution in [0.5, 0.6) is 0 Å². The molecule has 2 heterocycles. The number of nitrogens with one attached hydrogen (secondary N) is 3. The molecule has 3 N–H and O–H groups in total. The monoisotopic (exact) mass is 402 g/mol. The maximum atomic E-state index is 12.6. The molecule has 0 saturated heterocycles. The average molecular weight is 403 g/mol. The number of anilines is 2. The minimum Gasteiger partial charge on any atom is -0.355 e. The summed E-state index contributed by atoms with van der Waals surface area (Å²) in [5.41, 5.74) is 3.40. The van der Waals surface area contributed by atoms with Gasteiger partial charge < -0.3 is 10.6 Å². The fourth-order valence-electron chi connectivity index (χ4n) is 3.37. The molecule has 1 aliphatic rings. The van der Waals surface area contributed by atoms with Gasteiger partial charge in [0.1, 0.15) is 6.33 Å². The number of carbonyl (C=O) groups excluding carboxylic acids is 1. The number of fused-ring (bicyclic) bond motifs is 7. The Kier molecular flexibility index (Phi) is 5.72. The second-order valence-electron chi connectivity index (χ2n) is 8.00. The molecule has 0 radical (unpaired) electrons. The van der Waals surface area contributed by atoms with E-state index < -0.39 is 5.54 Å². The van der Waals surface area contributed by atoms with E-state index in [9.17, 15) is 4.79 Å². The fourth-order valence-corrected chi connectivity index (χ4v) is 3.37. The van der Waals surface area contributed by atoms with Crippen molar-refractivity contribution in [2.75, 3.05) is 11.9 Å². The summed E-state index contributed by atoms with van der Waals surface area (Å²) in [5, 5.41) is 9.66. The van der Waals surface area contributed by atoms with Crippen molar-refractivity contribution in [1.82, 2.24) is 25.6 Å². The van der Waals surface area contributed by atoms with E-state index in [0.717, 1.165) is 29.7 Å². The Labute approximate surface area is 176 Å². The molecule has 7 heteroatoms. The maximum absolute atomic E-state index is 12.6. The molecule has 0 aliphatic carbocycles. The minimum absolute atomic E-state index is 0.000716. The molecule has 0 atom stereocenters. The molecule has 0 spiro atoms. The molecule has 1 aliphatic heterocycles. The summed E-state index contributed by atoms with van der Waals surface area (Å²) in [7, 11) is 0. The average Bonchev–Trinajstić information content (AvgIpc) is 2.75. The number of hydrogen-bond acceptors (Lipinski definition) is 6. The maximum Gasteiger partial charge on any atom is 0.239 e. The number of rotatable bonds is 0. The molecule has 1 aromatic heterocycles. The Balaban J connectivity index is 1.67. The summed E-state index contributed by atoms with van der Waals surface area (Å²) >= 11 is 0. The van der Waals surface area contributed by atoms with Crippen molar-refractivity contribution in [3.8, 4) is 11.4 Å². The summed E-state index contributed by atoms with van der Waals surface area (Å²) in [4.78, 5) is 25.8. The standard InChI is InChI=1S/C23H26N6O/c1-23(2)21(30)24-11-5-8-16-6-3-9-18(12-16)20-25-15-26-22(29-20)28-19-10-4-7-17(13-19)14-27-23/h3-4,6-7,9-10,12-13,15,27H,5,8,11,14H2,1-2H3,(H,24,30)(H,25,26,28,29). The van der Waals surface area contributed by atoms with E-state index in [1.54, 1.807) is 0 Å². The quantitative estimate of drug-likeness (QED) is 0.535. The van der Waals surface area contributed by atoms with Crippen LogP contribution in [0, 0.1) is 0 Å². The molecule has 3 aromatic rings. The van der Waals surface area contributed by atoms with Gasteiger partial charge in [0, 0.05) is 24.3 Å². The number of aromatic nitrogens is 3. The Morgan fingerprint density at radius 2 is 1.83 bits per heavy atom. The fraction of sp³-hybridized carbons (Fsp3) is 0.304. The normalized spacial score (nSPS) is 16.5. The summed E-state index contributed by atoms with van der Waals surface area (Å²) in [6, 6.07) is 16.2. The zero-order valence-electron chi connectivity index (χ0n) is 17.3. The van der Waals surface area contributed by atoms with Gasteiger partial charge in [-0.2, -0.15) is 4.98 Å². The molecule has 7 nitrogen and oxygen atoms in total. The zero-order chi connectivity index (χ0) is 21.0. The zero-order valence-corrected chi connectivity index (χ0v) is 17.3. The molecule has 0 fully saturated rings. The lowest BCUT2D eigenvalue weighted by molar-refractivity contribution is -0.126. The lowest BCUT2D eigenvalue weighted by atomic mass is 10.0. The van der Waals surface area contributed by atoms with Crippen LogP contribution in [-0.4, -0.2) is 32.9 Å². The molecule has 0 saturated carbocycles. The van der Waals surface area contributed by atoms with Crippen molar-refractivity contribution in [2.24, 2.45) is 0 Å². The van der Waals surface area contributed by atoms with Gasteiger partial charge in [-0.05, 0) is 56.0 Å². The van der Waals surface area contributed by atoms with Gasteiger partial charge in [0.05, 0.1) is 5.54 Å². The molecule has 154 valence electrons. The van der Waals surface area contributed by atoms with E-state index in [2.05, 4.69) is 43.0 Å². The van der Waals surface area contributed by atoms with Crippen LogP contribution < -0.4 is 16.0 Å². The van der Waals surface area contributed by atoms with Gasteiger partial charge in [0.25, 0.3) is 0 Å². The molecule has 30 heavy (non-hydrogen) atoms. The number of benzene rings is 2. The van der Waals surface area contributed by atoms with Crippen LogP contribution in [0.4, 0.5) is 11.6 Å². The first-order chi connectivity index (χ1) is 14.5. The van der Waals surface area contributed by atoms with Crippen molar-refractivity contribution >= 4 is 17.5 Å². The molecule has 0 unspecified atom stereocenters. The predicted octanol–water partition coefficient (Wildman–Crippen LogP) is 3.21. The molecule has 6 bridgehead atoms. The van der Waals surface area contributed by atoms with Crippen molar-refractivity contribution in [2.45, 2.75) is 38.8 Å². The third-order valence-corrected chi connectivity index (χ3v) is 5.17. The van der Waals surface area contributed by atoms with E-state index >= 15 is 0 Å². The third kappa shape index (κ3) is 4.80. The molecular weight excluding hydrogens is 376 g/mol. The smallest absolute Gasteiger partial charge is 0.239 e. The lowest BCUT2D eigenvalue weighted by Gasteiger charge is -2.25. The highest BCUT2D eigenvalue weighted by molar-refractivity contribution is 5.85. The van der Waals surface area contributed by atoms with E-state index in [4.69, 9.17) is 0 Å². The van der Waals surface area contributed by atoms with E-state index in [-0.39, 0.29) is 5.91 Å².